The van der Waals surface area contributed by atoms with Crippen LogP contribution in [0.25, 0.3) is 11.0 Å². The van der Waals surface area contributed by atoms with Crippen molar-refractivity contribution < 1.29 is 19.2 Å². The number of carbonyl (C=O) groups excluding carboxylic acids is 1. The van der Waals surface area contributed by atoms with Crippen LogP contribution in [0.1, 0.15) is 24.2 Å². The molecule has 0 saturated carbocycles. The van der Waals surface area contributed by atoms with E-state index in [0.29, 0.717) is 29.0 Å². The number of nitro benzene ring substituents is 1. The summed E-state index contributed by atoms with van der Waals surface area (Å²) in [6.45, 7) is 11.5. The van der Waals surface area contributed by atoms with E-state index in [2.05, 4.69) is 29.9 Å². The maximum atomic E-state index is 12.7. The number of nitrogens with one attached hydrogen (secondary N) is 1. The number of rotatable bonds is 10. The average molecular weight is 471 g/mol. The monoisotopic (exact) mass is 470 g/mol. The van der Waals surface area contributed by atoms with Crippen LogP contribution >= 0.6 is 0 Å². The van der Waals surface area contributed by atoms with Gasteiger partial charge >= 0.3 is 0 Å². The zero-order valence-corrected chi connectivity index (χ0v) is 20.6. The predicted octanol–water partition coefficient (Wildman–Crippen LogP) is 5.19. The van der Waals surface area contributed by atoms with E-state index in [0.717, 1.165) is 6.04 Å². The number of hydrogen-bond acceptors (Lipinski definition) is 6. The first-order valence-electron chi connectivity index (χ1n) is 10.8. The number of carbonyl (C=O) groups is 1. The van der Waals surface area contributed by atoms with E-state index in [1.807, 2.05) is 13.8 Å². The molecule has 0 aliphatic carbocycles. The third-order valence-corrected chi connectivity index (χ3v) is 6.54. The minimum atomic E-state index is -1.23. The fourth-order valence-corrected chi connectivity index (χ4v) is 3.90. The molecule has 176 valence electrons. The highest BCUT2D eigenvalue weighted by Gasteiger charge is 2.19. The van der Waals surface area contributed by atoms with Gasteiger partial charge in [-0.1, -0.05) is 25.7 Å². The van der Waals surface area contributed by atoms with Crippen molar-refractivity contribution in [3.63, 3.8) is 0 Å². The highest BCUT2D eigenvalue weighted by atomic mass is 28.3. The lowest BCUT2D eigenvalue weighted by molar-refractivity contribution is -0.384. The van der Waals surface area contributed by atoms with Crippen molar-refractivity contribution in [1.29, 1.82) is 0 Å². The van der Waals surface area contributed by atoms with Crippen molar-refractivity contribution in [2.45, 2.75) is 52.3 Å². The summed E-state index contributed by atoms with van der Waals surface area (Å²) in [4.78, 5) is 27.9. The van der Waals surface area contributed by atoms with Crippen LogP contribution in [-0.4, -0.2) is 41.1 Å². The third kappa shape index (κ3) is 6.62. The topological polar surface area (TPSA) is 109 Å². The fourth-order valence-electron chi connectivity index (χ4n) is 3.15. The van der Waals surface area contributed by atoms with E-state index in [9.17, 15) is 14.9 Å². The van der Waals surface area contributed by atoms with Crippen LogP contribution in [0.2, 0.25) is 25.7 Å². The number of fused-ring (bicyclic) bond motifs is 1. The molecular weight excluding hydrogens is 440 g/mol. The number of benzene rings is 1. The Labute approximate surface area is 193 Å². The molecular formula is C23H30N4O5Si. The molecule has 0 saturated heterocycles. The van der Waals surface area contributed by atoms with Gasteiger partial charge in [-0.15, -0.1) is 0 Å². The van der Waals surface area contributed by atoms with Crippen LogP contribution in [0, 0.1) is 10.1 Å². The summed E-state index contributed by atoms with van der Waals surface area (Å²) >= 11 is 0. The van der Waals surface area contributed by atoms with Gasteiger partial charge in [-0.05, 0) is 32.0 Å². The van der Waals surface area contributed by atoms with Crippen LogP contribution < -0.4 is 10.1 Å². The summed E-state index contributed by atoms with van der Waals surface area (Å²) in [6.07, 6.45) is 1.74. The minimum Gasteiger partial charge on any atom is -0.439 e. The van der Waals surface area contributed by atoms with Crippen molar-refractivity contribution >= 4 is 30.7 Å². The quantitative estimate of drug-likeness (QED) is 0.189. The van der Waals surface area contributed by atoms with E-state index in [1.165, 1.54) is 12.1 Å². The van der Waals surface area contributed by atoms with E-state index in [4.69, 9.17) is 9.47 Å². The summed E-state index contributed by atoms with van der Waals surface area (Å²) in [7, 11) is -1.23. The minimum absolute atomic E-state index is 0.00617. The van der Waals surface area contributed by atoms with Gasteiger partial charge in [0.2, 0.25) is 5.88 Å². The molecule has 0 unspecified atom stereocenters. The van der Waals surface area contributed by atoms with Gasteiger partial charge < -0.3 is 19.4 Å². The number of non-ortho nitro benzene ring substituents is 1. The number of hydrogen-bond donors (Lipinski definition) is 1. The zero-order valence-electron chi connectivity index (χ0n) is 19.6. The molecule has 0 atom stereocenters. The summed E-state index contributed by atoms with van der Waals surface area (Å²) in [5.41, 5.74) is 0.974. The molecule has 9 nitrogen and oxygen atoms in total. The number of ether oxygens (including phenoxy) is 2. The summed E-state index contributed by atoms with van der Waals surface area (Å²) in [5.74, 6) is 0.378. The molecule has 10 heteroatoms. The second-order valence-electron chi connectivity index (χ2n) is 9.37. The number of nitro groups is 1. The second kappa shape index (κ2) is 10.1. The van der Waals surface area contributed by atoms with Crippen molar-refractivity contribution in [2.75, 3.05) is 6.61 Å². The van der Waals surface area contributed by atoms with Gasteiger partial charge in [0.1, 0.15) is 18.1 Å². The van der Waals surface area contributed by atoms with Gasteiger partial charge in [0.05, 0.1) is 16.6 Å². The van der Waals surface area contributed by atoms with Crippen LogP contribution in [0.15, 0.2) is 42.6 Å². The first-order chi connectivity index (χ1) is 15.5. The molecule has 0 aliphatic rings. The largest absolute Gasteiger partial charge is 0.439 e. The van der Waals surface area contributed by atoms with Gasteiger partial charge in [0.25, 0.3) is 11.6 Å². The number of pyridine rings is 1. The maximum Gasteiger partial charge on any atom is 0.273 e. The Morgan fingerprint density at radius 3 is 2.67 bits per heavy atom. The molecule has 0 spiro atoms. The van der Waals surface area contributed by atoms with Gasteiger partial charge in [-0.25, -0.2) is 0 Å². The van der Waals surface area contributed by atoms with Crippen molar-refractivity contribution in [3.8, 4) is 11.6 Å². The van der Waals surface area contributed by atoms with Crippen molar-refractivity contribution in [3.05, 3.63) is 58.3 Å². The predicted molar refractivity (Wildman–Crippen MR) is 130 cm³/mol. The lowest BCUT2D eigenvalue weighted by Crippen LogP contribution is -2.29. The van der Waals surface area contributed by atoms with Crippen LogP contribution in [0.5, 0.6) is 11.6 Å². The highest BCUT2D eigenvalue weighted by molar-refractivity contribution is 6.76. The first-order valence-corrected chi connectivity index (χ1v) is 14.5. The third-order valence-electron chi connectivity index (χ3n) is 4.84. The molecule has 0 fully saturated rings. The fraction of sp³-hybridized carbons (Fsp3) is 0.391. The molecule has 0 bridgehead atoms. The lowest BCUT2D eigenvalue weighted by Gasteiger charge is -2.15. The number of amides is 1. The van der Waals surface area contributed by atoms with Gasteiger partial charge in [-0.2, -0.15) is 4.98 Å². The van der Waals surface area contributed by atoms with Gasteiger partial charge in [0, 0.05) is 44.4 Å². The summed E-state index contributed by atoms with van der Waals surface area (Å²) in [5, 5.41) is 14.6. The van der Waals surface area contributed by atoms with E-state index in [1.54, 1.807) is 35.0 Å². The summed E-state index contributed by atoms with van der Waals surface area (Å²) < 4.78 is 13.4. The van der Waals surface area contributed by atoms with Crippen molar-refractivity contribution in [1.82, 2.24) is 14.9 Å². The smallest absolute Gasteiger partial charge is 0.273 e. The molecule has 1 N–H and O–H groups in total. The summed E-state index contributed by atoms with van der Waals surface area (Å²) in [6, 6.07) is 10.3. The normalized spacial score (nSPS) is 11.7. The molecule has 1 aromatic carbocycles. The Balaban J connectivity index is 1.91. The highest BCUT2D eigenvalue weighted by Crippen LogP contribution is 2.28. The Morgan fingerprint density at radius 1 is 1.24 bits per heavy atom. The lowest BCUT2D eigenvalue weighted by atomic mass is 10.2. The van der Waals surface area contributed by atoms with E-state index in [-0.39, 0.29) is 30.2 Å². The molecule has 3 rings (SSSR count). The molecule has 33 heavy (non-hydrogen) atoms. The molecule has 0 radical (unpaired) electrons. The van der Waals surface area contributed by atoms with Gasteiger partial charge in [-0.3, -0.25) is 14.9 Å². The molecule has 2 aromatic heterocycles. The average Bonchev–Trinajstić information content (AvgIpc) is 3.08. The second-order valence-corrected chi connectivity index (χ2v) is 15.0. The number of nitrogens with zero attached hydrogens (tertiary/aromatic N) is 3. The van der Waals surface area contributed by atoms with Crippen LogP contribution in [0.4, 0.5) is 5.69 Å². The van der Waals surface area contributed by atoms with E-state index >= 15 is 0 Å². The maximum absolute atomic E-state index is 12.7. The SMILES string of the molecule is CC(C)NC(=O)c1cn(COCC[Si](C)(C)C)c2nc(Oc3cccc([N+](=O)[O-])c3)ccc12. The van der Waals surface area contributed by atoms with Crippen molar-refractivity contribution in [2.24, 2.45) is 0 Å². The Hall–Kier alpha value is -3.24. The standard InChI is InChI=1S/C23H30N4O5Si/c1-16(2)24-23(28)20-14-26(15-31-11-12-33(3,4)5)22-19(20)9-10-21(25-22)32-18-8-6-7-17(13-18)27(29)30/h6-10,13-14,16H,11-12,15H2,1-5H3,(H,24,28). The molecule has 1 amide bonds. The molecule has 2 heterocycles. The van der Waals surface area contributed by atoms with Crippen LogP contribution in [0.3, 0.4) is 0 Å². The van der Waals surface area contributed by atoms with Gasteiger partial charge in [0.15, 0.2) is 0 Å². The Bertz CT molecular complexity index is 1150. The van der Waals surface area contributed by atoms with E-state index < -0.39 is 13.0 Å². The number of aromatic nitrogens is 2. The molecule has 3 aromatic rings. The molecule has 0 aliphatic heterocycles. The van der Waals surface area contributed by atoms with Crippen LogP contribution in [-0.2, 0) is 11.5 Å². The Kier molecular flexibility index (Phi) is 7.49. The first kappa shape index (κ1) is 24.4. The zero-order chi connectivity index (χ0) is 24.2. The Morgan fingerprint density at radius 2 is 2.00 bits per heavy atom.